The van der Waals surface area contributed by atoms with E-state index in [-0.39, 0.29) is 12.1 Å². The zero-order chi connectivity index (χ0) is 13.0. The fourth-order valence-corrected chi connectivity index (χ4v) is 1.56. The molecule has 0 heterocycles. The summed E-state index contributed by atoms with van der Waals surface area (Å²) < 4.78 is 4.50. The van der Waals surface area contributed by atoms with Crippen molar-refractivity contribution in [3.8, 4) is 0 Å². The number of carbonyl (C=O) groups is 1. The molecular formula is C11H14N2O4. The molecular weight excluding hydrogens is 224 g/mol. The third kappa shape index (κ3) is 3.01. The fraction of sp³-hybridized carbons (Fsp3) is 0.364. The van der Waals surface area contributed by atoms with E-state index in [2.05, 4.69) is 4.74 Å². The van der Waals surface area contributed by atoms with Gasteiger partial charge in [-0.3, -0.25) is 14.9 Å². The zero-order valence-electron chi connectivity index (χ0n) is 9.67. The van der Waals surface area contributed by atoms with Crippen LogP contribution in [0.2, 0.25) is 0 Å². The molecule has 1 atom stereocenters. The van der Waals surface area contributed by atoms with Crippen LogP contribution in [0, 0.1) is 17.0 Å². The van der Waals surface area contributed by atoms with Crippen LogP contribution in [0.1, 0.15) is 11.1 Å². The maximum absolute atomic E-state index is 11.2. The Morgan fingerprint density at radius 3 is 2.76 bits per heavy atom. The molecule has 92 valence electrons. The number of carbonyl (C=O) groups excluding carboxylic acids is 1. The molecule has 0 radical (unpaired) electrons. The van der Waals surface area contributed by atoms with E-state index in [0.29, 0.717) is 11.1 Å². The molecule has 1 rings (SSSR count). The van der Waals surface area contributed by atoms with Crippen LogP contribution in [0.25, 0.3) is 0 Å². The predicted molar refractivity (Wildman–Crippen MR) is 61.5 cm³/mol. The van der Waals surface area contributed by atoms with E-state index in [1.54, 1.807) is 19.1 Å². The van der Waals surface area contributed by atoms with E-state index >= 15 is 0 Å². The highest BCUT2D eigenvalue weighted by Gasteiger charge is 2.19. The van der Waals surface area contributed by atoms with Crippen molar-refractivity contribution in [2.45, 2.75) is 19.4 Å². The maximum atomic E-state index is 11.2. The predicted octanol–water partition coefficient (Wildman–Crippen LogP) is 0.946. The second-order valence-electron chi connectivity index (χ2n) is 3.65. The number of esters is 1. The monoisotopic (exact) mass is 238 g/mol. The maximum Gasteiger partial charge on any atom is 0.322 e. The van der Waals surface area contributed by atoms with Gasteiger partial charge in [0.15, 0.2) is 0 Å². The molecule has 2 N–H and O–H groups in total. The van der Waals surface area contributed by atoms with E-state index in [4.69, 9.17) is 5.73 Å². The number of hydrogen-bond donors (Lipinski definition) is 1. The second kappa shape index (κ2) is 5.40. The Balaban J connectivity index is 2.96. The second-order valence-corrected chi connectivity index (χ2v) is 3.65. The molecule has 1 aromatic carbocycles. The van der Waals surface area contributed by atoms with Gasteiger partial charge in [0.25, 0.3) is 5.69 Å². The van der Waals surface area contributed by atoms with Crippen molar-refractivity contribution >= 4 is 11.7 Å². The van der Waals surface area contributed by atoms with Crippen LogP contribution in [0.5, 0.6) is 0 Å². The summed E-state index contributed by atoms with van der Waals surface area (Å²) in [5.74, 6) is -0.532. The van der Waals surface area contributed by atoms with Gasteiger partial charge >= 0.3 is 5.97 Å². The number of nitro benzene ring substituents is 1. The van der Waals surface area contributed by atoms with E-state index < -0.39 is 16.9 Å². The summed E-state index contributed by atoms with van der Waals surface area (Å²) in [6, 6.07) is 3.90. The summed E-state index contributed by atoms with van der Waals surface area (Å²) in [5, 5.41) is 10.7. The van der Waals surface area contributed by atoms with Crippen molar-refractivity contribution in [2.75, 3.05) is 7.11 Å². The van der Waals surface area contributed by atoms with Crippen molar-refractivity contribution in [3.63, 3.8) is 0 Å². The first-order valence-corrected chi connectivity index (χ1v) is 5.03. The number of ether oxygens (including phenoxy) is 1. The lowest BCUT2D eigenvalue weighted by Crippen LogP contribution is -2.33. The van der Waals surface area contributed by atoms with Gasteiger partial charge in [-0.1, -0.05) is 12.1 Å². The number of rotatable bonds is 4. The SMILES string of the molecule is COC(=O)[C@H](N)Cc1cccc([N+](=O)[O-])c1C. The summed E-state index contributed by atoms with van der Waals surface area (Å²) >= 11 is 0. The third-order valence-electron chi connectivity index (χ3n) is 2.56. The topological polar surface area (TPSA) is 95.5 Å². The van der Waals surface area contributed by atoms with Gasteiger partial charge < -0.3 is 10.5 Å². The fourth-order valence-electron chi connectivity index (χ4n) is 1.56. The van der Waals surface area contributed by atoms with Gasteiger partial charge in [0.05, 0.1) is 12.0 Å². The van der Waals surface area contributed by atoms with Crippen LogP contribution < -0.4 is 5.73 Å². The number of nitro groups is 1. The van der Waals surface area contributed by atoms with E-state index in [9.17, 15) is 14.9 Å². The van der Waals surface area contributed by atoms with Crippen LogP contribution in [0.4, 0.5) is 5.69 Å². The van der Waals surface area contributed by atoms with Gasteiger partial charge in [0.1, 0.15) is 6.04 Å². The first kappa shape index (κ1) is 13.1. The minimum atomic E-state index is -0.805. The first-order valence-electron chi connectivity index (χ1n) is 5.03. The quantitative estimate of drug-likeness (QED) is 0.478. The molecule has 0 aliphatic carbocycles. The lowest BCUT2D eigenvalue weighted by atomic mass is 10.0. The summed E-state index contributed by atoms with van der Waals surface area (Å²) in [6.45, 7) is 1.64. The number of hydrogen-bond acceptors (Lipinski definition) is 5. The highest BCUT2D eigenvalue weighted by Crippen LogP contribution is 2.21. The molecule has 0 aromatic heterocycles. The Labute approximate surface area is 98.5 Å². The number of nitrogens with zero attached hydrogens (tertiary/aromatic N) is 1. The van der Waals surface area contributed by atoms with Crippen molar-refractivity contribution in [3.05, 3.63) is 39.4 Å². The Morgan fingerprint density at radius 2 is 2.24 bits per heavy atom. The normalized spacial score (nSPS) is 11.9. The van der Waals surface area contributed by atoms with Gasteiger partial charge in [0, 0.05) is 11.6 Å². The van der Waals surface area contributed by atoms with E-state index in [1.165, 1.54) is 13.2 Å². The standard InChI is InChI=1S/C11H14N2O4/c1-7-8(6-9(12)11(14)17-2)4-3-5-10(7)13(15)16/h3-5,9H,6,12H2,1-2H3/t9-/m1/s1. The molecule has 0 saturated heterocycles. The van der Waals surface area contributed by atoms with E-state index in [1.807, 2.05) is 0 Å². The van der Waals surface area contributed by atoms with Crippen LogP contribution in [-0.4, -0.2) is 24.0 Å². The molecule has 0 unspecified atom stereocenters. The van der Waals surface area contributed by atoms with Crippen molar-refractivity contribution < 1.29 is 14.5 Å². The average Bonchev–Trinajstić information content (AvgIpc) is 2.30. The Morgan fingerprint density at radius 1 is 1.59 bits per heavy atom. The van der Waals surface area contributed by atoms with Gasteiger partial charge in [-0.05, 0) is 18.9 Å². The molecule has 0 amide bonds. The van der Waals surface area contributed by atoms with Gasteiger partial charge in [-0.2, -0.15) is 0 Å². The van der Waals surface area contributed by atoms with E-state index in [0.717, 1.165) is 0 Å². The largest absolute Gasteiger partial charge is 0.468 e. The molecule has 1 aromatic rings. The third-order valence-corrected chi connectivity index (χ3v) is 2.56. The summed E-state index contributed by atoms with van der Waals surface area (Å²) in [6.07, 6.45) is 0.222. The van der Waals surface area contributed by atoms with Crippen LogP contribution in [0.3, 0.4) is 0 Å². The summed E-state index contributed by atoms with van der Waals surface area (Å²) in [4.78, 5) is 21.4. The Bertz CT molecular complexity index is 445. The minimum Gasteiger partial charge on any atom is -0.468 e. The van der Waals surface area contributed by atoms with Crippen LogP contribution in [-0.2, 0) is 16.0 Å². The van der Waals surface area contributed by atoms with Crippen LogP contribution >= 0.6 is 0 Å². The molecule has 0 saturated carbocycles. The lowest BCUT2D eigenvalue weighted by molar-refractivity contribution is -0.385. The molecule has 0 aliphatic heterocycles. The molecule has 0 aliphatic rings. The number of benzene rings is 1. The molecule has 17 heavy (non-hydrogen) atoms. The number of methoxy groups -OCH3 is 1. The van der Waals surface area contributed by atoms with Crippen molar-refractivity contribution in [2.24, 2.45) is 5.73 Å². The van der Waals surface area contributed by atoms with Gasteiger partial charge in [0.2, 0.25) is 0 Å². The molecule has 0 bridgehead atoms. The molecule has 0 spiro atoms. The van der Waals surface area contributed by atoms with Crippen molar-refractivity contribution in [1.29, 1.82) is 0 Å². The zero-order valence-corrected chi connectivity index (χ0v) is 9.67. The highest BCUT2D eigenvalue weighted by molar-refractivity contribution is 5.75. The Kier molecular flexibility index (Phi) is 4.17. The summed E-state index contributed by atoms with van der Waals surface area (Å²) in [5.41, 5.74) is 6.84. The van der Waals surface area contributed by atoms with Gasteiger partial charge in [-0.15, -0.1) is 0 Å². The Hall–Kier alpha value is -1.95. The van der Waals surface area contributed by atoms with Gasteiger partial charge in [-0.25, -0.2) is 0 Å². The van der Waals surface area contributed by atoms with Crippen LogP contribution in [0.15, 0.2) is 18.2 Å². The smallest absolute Gasteiger partial charge is 0.322 e. The minimum absolute atomic E-state index is 0.0274. The molecule has 0 fully saturated rings. The highest BCUT2D eigenvalue weighted by atomic mass is 16.6. The molecule has 6 heteroatoms. The first-order chi connectivity index (χ1) is 7.97. The lowest BCUT2D eigenvalue weighted by Gasteiger charge is -2.11. The van der Waals surface area contributed by atoms with Crippen molar-refractivity contribution in [1.82, 2.24) is 0 Å². The number of nitrogens with two attached hydrogens (primary N) is 1. The summed E-state index contributed by atoms with van der Waals surface area (Å²) in [7, 11) is 1.25. The molecule has 6 nitrogen and oxygen atoms in total. The average molecular weight is 238 g/mol.